The molecule has 0 saturated heterocycles. The van der Waals surface area contributed by atoms with Crippen molar-refractivity contribution in [1.82, 2.24) is 10.6 Å². The summed E-state index contributed by atoms with van der Waals surface area (Å²) in [6.45, 7) is 7.40. The van der Waals surface area contributed by atoms with Gasteiger partial charge in [0.25, 0.3) is 0 Å². The molecule has 2 N–H and O–H groups in total. The minimum absolute atomic E-state index is 0.157. The van der Waals surface area contributed by atoms with Gasteiger partial charge in [-0.25, -0.2) is 4.79 Å². The van der Waals surface area contributed by atoms with Crippen LogP contribution in [0.4, 0.5) is 4.79 Å². The standard InChI is InChI=1S/C19H27ClN2O5/c1-4-25-19(24)22-14(7-12(2)3)11-21-17(23)10-13-8-15(20)18-16(9-13)26-5-6-27-18/h8-9,12,14H,4-7,10-11H2,1-3H3,(H,21,23)(H,22,24). The summed E-state index contributed by atoms with van der Waals surface area (Å²) in [6, 6.07) is 3.27. The Hall–Kier alpha value is -2.15. The maximum absolute atomic E-state index is 12.3. The fourth-order valence-corrected chi connectivity index (χ4v) is 3.14. The first-order valence-electron chi connectivity index (χ1n) is 9.17. The fraction of sp³-hybridized carbons (Fsp3) is 0.579. The molecule has 2 amide bonds. The van der Waals surface area contributed by atoms with Gasteiger partial charge in [-0.05, 0) is 37.0 Å². The summed E-state index contributed by atoms with van der Waals surface area (Å²) in [5, 5.41) is 6.07. The third-order valence-corrected chi connectivity index (χ3v) is 4.20. The van der Waals surface area contributed by atoms with Crippen molar-refractivity contribution in [2.45, 2.75) is 39.7 Å². The van der Waals surface area contributed by atoms with Crippen LogP contribution in [-0.4, -0.2) is 44.4 Å². The van der Waals surface area contributed by atoms with E-state index in [9.17, 15) is 9.59 Å². The number of hydrogen-bond donors (Lipinski definition) is 2. The lowest BCUT2D eigenvalue weighted by atomic mass is 10.0. The Balaban J connectivity index is 1.91. The van der Waals surface area contributed by atoms with Crippen LogP contribution in [0.3, 0.4) is 0 Å². The minimum Gasteiger partial charge on any atom is -0.486 e. The van der Waals surface area contributed by atoms with E-state index in [-0.39, 0.29) is 18.4 Å². The van der Waals surface area contributed by atoms with Crippen molar-refractivity contribution in [3.05, 3.63) is 22.7 Å². The SMILES string of the molecule is CCOC(=O)NC(CNC(=O)Cc1cc(Cl)c2c(c1)OCCO2)CC(C)C. The number of fused-ring (bicyclic) bond motifs is 1. The third kappa shape index (κ3) is 6.82. The number of benzene rings is 1. The van der Waals surface area contributed by atoms with E-state index in [0.717, 1.165) is 12.0 Å². The lowest BCUT2D eigenvalue weighted by Crippen LogP contribution is -2.44. The van der Waals surface area contributed by atoms with E-state index >= 15 is 0 Å². The van der Waals surface area contributed by atoms with Crippen LogP contribution in [-0.2, 0) is 16.0 Å². The zero-order valence-corrected chi connectivity index (χ0v) is 16.7. The van der Waals surface area contributed by atoms with E-state index in [1.54, 1.807) is 19.1 Å². The van der Waals surface area contributed by atoms with E-state index < -0.39 is 6.09 Å². The highest BCUT2D eigenvalue weighted by molar-refractivity contribution is 6.32. The topological polar surface area (TPSA) is 85.9 Å². The number of alkyl carbamates (subject to hydrolysis) is 1. The second kappa shape index (κ2) is 10.3. The van der Waals surface area contributed by atoms with Crippen LogP contribution in [0.1, 0.15) is 32.8 Å². The van der Waals surface area contributed by atoms with Gasteiger partial charge in [0.1, 0.15) is 13.2 Å². The number of nitrogens with one attached hydrogen (secondary N) is 2. The largest absolute Gasteiger partial charge is 0.486 e. The maximum Gasteiger partial charge on any atom is 0.407 e. The van der Waals surface area contributed by atoms with E-state index in [4.69, 9.17) is 25.8 Å². The second-order valence-electron chi connectivity index (χ2n) is 6.77. The Labute approximate surface area is 164 Å². The average Bonchev–Trinajstić information content (AvgIpc) is 2.59. The molecule has 1 unspecified atom stereocenters. The number of rotatable bonds is 8. The highest BCUT2D eigenvalue weighted by Crippen LogP contribution is 2.38. The van der Waals surface area contributed by atoms with Crippen molar-refractivity contribution in [2.75, 3.05) is 26.4 Å². The summed E-state index contributed by atoms with van der Waals surface area (Å²) in [6.07, 6.45) is 0.412. The van der Waals surface area contributed by atoms with Gasteiger partial charge in [0.05, 0.1) is 18.1 Å². The number of carbonyl (C=O) groups is 2. The normalized spacial score (nSPS) is 13.8. The van der Waals surface area contributed by atoms with Gasteiger partial charge in [-0.3, -0.25) is 4.79 Å². The number of hydrogen-bond acceptors (Lipinski definition) is 5. The molecule has 27 heavy (non-hydrogen) atoms. The van der Waals surface area contributed by atoms with Gasteiger partial charge in [0.15, 0.2) is 11.5 Å². The van der Waals surface area contributed by atoms with Crippen LogP contribution in [0.15, 0.2) is 12.1 Å². The molecule has 2 rings (SSSR count). The first-order valence-corrected chi connectivity index (χ1v) is 9.54. The van der Waals surface area contributed by atoms with Crippen LogP contribution in [0.2, 0.25) is 5.02 Å². The summed E-state index contributed by atoms with van der Waals surface area (Å²) in [4.78, 5) is 24.0. The summed E-state index contributed by atoms with van der Waals surface area (Å²) in [5.74, 6) is 1.27. The number of halogens is 1. The van der Waals surface area contributed by atoms with Gasteiger partial charge in [-0.1, -0.05) is 25.4 Å². The van der Waals surface area contributed by atoms with Crippen LogP contribution < -0.4 is 20.1 Å². The maximum atomic E-state index is 12.3. The van der Waals surface area contributed by atoms with E-state index in [1.165, 1.54) is 0 Å². The Kier molecular flexibility index (Phi) is 8.03. The molecule has 0 bridgehead atoms. The zero-order valence-electron chi connectivity index (χ0n) is 16.0. The van der Waals surface area contributed by atoms with Crippen molar-refractivity contribution in [3.8, 4) is 11.5 Å². The van der Waals surface area contributed by atoms with Gasteiger partial charge in [-0.2, -0.15) is 0 Å². The third-order valence-electron chi connectivity index (χ3n) is 3.92. The number of carbonyl (C=O) groups excluding carboxylic acids is 2. The Morgan fingerprint density at radius 2 is 2.00 bits per heavy atom. The molecule has 1 aromatic carbocycles. The highest BCUT2D eigenvalue weighted by Gasteiger charge is 2.19. The number of ether oxygens (including phenoxy) is 3. The lowest BCUT2D eigenvalue weighted by molar-refractivity contribution is -0.120. The molecule has 1 atom stereocenters. The Morgan fingerprint density at radius 3 is 2.70 bits per heavy atom. The molecule has 8 heteroatoms. The Morgan fingerprint density at radius 1 is 1.26 bits per heavy atom. The molecule has 0 saturated carbocycles. The summed E-state index contributed by atoms with van der Waals surface area (Å²) in [5.41, 5.74) is 0.737. The van der Waals surface area contributed by atoms with E-state index in [0.29, 0.717) is 48.8 Å². The monoisotopic (exact) mass is 398 g/mol. The van der Waals surface area contributed by atoms with Crippen LogP contribution >= 0.6 is 11.6 Å². The van der Waals surface area contributed by atoms with Crippen molar-refractivity contribution >= 4 is 23.6 Å². The zero-order chi connectivity index (χ0) is 19.8. The van der Waals surface area contributed by atoms with Gasteiger partial charge in [0.2, 0.25) is 5.91 Å². The van der Waals surface area contributed by atoms with Gasteiger partial charge < -0.3 is 24.8 Å². The van der Waals surface area contributed by atoms with Crippen molar-refractivity contribution in [2.24, 2.45) is 5.92 Å². The summed E-state index contributed by atoms with van der Waals surface area (Å²) < 4.78 is 15.9. The van der Waals surface area contributed by atoms with Gasteiger partial charge in [0, 0.05) is 12.6 Å². The van der Waals surface area contributed by atoms with Gasteiger partial charge >= 0.3 is 6.09 Å². The quantitative estimate of drug-likeness (QED) is 0.703. The molecule has 1 heterocycles. The molecular weight excluding hydrogens is 372 g/mol. The molecule has 0 spiro atoms. The Bertz CT molecular complexity index is 666. The average molecular weight is 399 g/mol. The molecule has 0 aliphatic carbocycles. The molecule has 0 radical (unpaired) electrons. The van der Waals surface area contributed by atoms with Crippen LogP contribution in [0.25, 0.3) is 0 Å². The molecule has 0 fully saturated rings. The van der Waals surface area contributed by atoms with Crippen LogP contribution in [0, 0.1) is 5.92 Å². The van der Waals surface area contributed by atoms with Crippen LogP contribution in [0.5, 0.6) is 11.5 Å². The summed E-state index contributed by atoms with van der Waals surface area (Å²) >= 11 is 6.20. The van der Waals surface area contributed by atoms with E-state index in [1.807, 2.05) is 0 Å². The first-order chi connectivity index (χ1) is 12.9. The van der Waals surface area contributed by atoms with Crippen molar-refractivity contribution in [3.63, 3.8) is 0 Å². The van der Waals surface area contributed by atoms with E-state index in [2.05, 4.69) is 24.5 Å². The summed E-state index contributed by atoms with van der Waals surface area (Å²) in [7, 11) is 0. The molecule has 0 aromatic heterocycles. The molecule has 7 nitrogen and oxygen atoms in total. The molecule has 150 valence electrons. The number of amides is 2. The predicted octanol–water partition coefficient (Wildman–Crippen LogP) is 2.93. The predicted molar refractivity (Wildman–Crippen MR) is 103 cm³/mol. The minimum atomic E-state index is -0.476. The van der Waals surface area contributed by atoms with Gasteiger partial charge in [-0.15, -0.1) is 0 Å². The smallest absolute Gasteiger partial charge is 0.407 e. The molecular formula is C19H27ClN2O5. The molecule has 1 aliphatic heterocycles. The van der Waals surface area contributed by atoms with Crippen molar-refractivity contribution < 1.29 is 23.8 Å². The molecule has 1 aliphatic rings. The fourth-order valence-electron chi connectivity index (χ4n) is 2.85. The highest BCUT2D eigenvalue weighted by atomic mass is 35.5. The molecule has 1 aromatic rings. The van der Waals surface area contributed by atoms with Crippen molar-refractivity contribution in [1.29, 1.82) is 0 Å². The second-order valence-corrected chi connectivity index (χ2v) is 7.18. The first kappa shape index (κ1) is 21.2. The lowest BCUT2D eigenvalue weighted by Gasteiger charge is -2.21.